The van der Waals surface area contributed by atoms with Crippen molar-refractivity contribution in [2.24, 2.45) is 5.41 Å². The number of amides is 3. The van der Waals surface area contributed by atoms with Crippen molar-refractivity contribution in [1.82, 2.24) is 16.0 Å². The monoisotopic (exact) mass is 659 g/mol. The lowest BCUT2D eigenvalue weighted by molar-refractivity contribution is -0.145. The highest BCUT2D eigenvalue weighted by Gasteiger charge is 2.33. The second-order valence-electron chi connectivity index (χ2n) is 12.4. The molecule has 248 valence electrons. The fourth-order valence-corrected chi connectivity index (χ4v) is 6.30. The van der Waals surface area contributed by atoms with E-state index in [1.807, 2.05) is 62.4 Å². The number of benzene rings is 2. The molecule has 0 aromatic heterocycles. The zero-order valence-electron chi connectivity index (χ0n) is 27.4. The Bertz CT molecular complexity index is 1210. The fourth-order valence-electron chi connectivity index (χ4n) is 4.11. The minimum atomic E-state index is -0.892. The first kappa shape index (κ1) is 38.0. The van der Waals surface area contributed by atoms with Crippen LogP contribution in [0.25, 0.3) is 0 Å². The van der Waals surface area contributed by atoms with Gasteiger partial charge < -0.3 is 25.4 Å². The van der Waals surface area contributed by atoms with Gasteiger partial charge >= 0.3 is 12.1 Å². The SMILES string of the molecule is COC(=O)[C@H](CCCCNC(=O)OC(C)(C)C)NC(=O)[C@H](CSCc1ccccc1)NC(=O)C(C)(C)CSCc1ccccc1. The Hall–Kier alpha value is -3.18. The second kappa shape index (κ2) is 19.4. The quantitative estimate of drug-likeness (QED) is 0.137. The van der Waals surface area contributed by atoms with Crippen LogP contribution in [0.2, 0.25) is 0 Å². The zero-order valence-corrected chi connectivity index (χ0v) is 29.0. The Morgan fingerprint density at radius 1 is 0.778 bits per heavy atom. The molecule has 0 aliphatic carbocycles. The molecule has 0 saturated heterocycles. The van der Waals surface area contributed by atoms with Gasteiger partial charge in [-0.3, -0.25) is 9.59 Å². The van der Waals surface area contributed by atoms with Crippen LogP contribution in [0.4, 0.5) is 4.79 Å². The van der Waals surface area contributed by atoms with Crippen molar-refractivity contribution in [2.45, 2.75) is 83.1 Å². The lowest BCUT2D eigenvalue weighted by atomic mass is 9.95. The molecule has 9 nitrogen and oxygen atoms in total. The highest BCUT2D eigenvalue weighted by atomic mass is 32.2. The van der Waals surface area contributed by atoms with E-state index in [1.54, 1.807) is 32.5 Å². The van der Waals surface area contributed by atoms with Crippen LogP contribution >= 0.6 is 23.5 Å². The Morgan fingerprint density at radius 2 is 1.36 bits per heavy atom. The number of hydrogen-bond donors (Lipinski definition) is 3. The Labute approximate surface area is 276 Å². The van der Waals surface area contributed by atoms with E-state index in [2.05, 4.69) is 28.1 Å². The molecule has 2 aromatic carbocycles. The Balaban J connectivity index is 2.01. The molecular formula is C34H49N3O6S2. The lowest BCUT2D eigenvalue weighted by Gasteiger charge is -2.28. The number of carbonyl (C=O) groups is 4. The van der Waals surface area contributed by atoms with Crippen LogP contribution in [0, 0.1) is 5.41 Å². The van der Waals surface area contributed by atoms with Crippen LogP contribution in [-0.2, 0) is 35.4 Å². The van der Waals surface area contributed by atoms with Crippen LogP contribution in [0.15, 0.2) is 60.7 Å². The van der Waals surface area contributed by atoms with Gasteiger partial charge in [-0.05, 0) is 51.2 Å². The summed E-state index contributed by atoms with van der Waals surface area (Å²) in [6.45, 7) is 9.47. The van der Waals surface area contributed by atoms with E-state index in [1.165, 1.54) is 24.4 Å². The summed E-state index contributed by atoms with van der Waals surface area (Å²) in [5.74, 6) is 1.10. The number of methoxy groups -OCH3 is 1. The average molecular weight is 660 g/mol. The molecule has 3 N–H and O–H groups in total. The molecule has 0 saturated carbocycles. The number of ether oxygens (including phenoxy) is 2. The van der Waals surface area contributed by atoms with E-state index in [9.17, 15) is 19.2 Å². The lowest BCUT2D eigenvalue weighted by Crippen LogP contribution is -2.55. The van der Waals surface area contributed by atoms with Gasteiger partial charge in [-0.1, -0.05) is 74.5 Å². The van der Waals surface area contributed by atoms with Gasteiger partial charge in [0.05, 0.1) is 12.5 Å². The van der Waals surface area contributed by atoms with Crippen LogP contribution < -0.4 is 16.0 Å². The normalized spacial score (nSPS) is 12.8. The molecule has 0 bridgehead atoms. The van der Waals surface area contributed by atoms with Crippen molar-refractivity contribution >= 4 is 47.4 Å². The first-order valence-electron chi connectivity index (χ1n) is 15.2. The van der Waals surface area contributed by atoms with Crippen LogP contribution in [0.3, 0.4) is 0 Å². The van der Waals surface area contributed by atoms with Gasteiger partial charge in [-0.2, -0.15) is 23.5 Å². The molecule has 0 radical (unpaired) electrons. The number of carbonyl (C=O) groups excluding carboxylic acids is 4. The van der Waals surface area contributed by atoms with Gasteiger partial charge in [0.15, 0.2) is 0 Å². The minimum absolute atomic E-state index is 0.230. The maximum absolute atomic E-state index is 13.6. The fraction of sp³-hybridized carbons (Fsp3) is 0.529. The first-order chi connectivity index (χ1) is 21.3. The van der Waals surface area contributed by atoms with Crippen molar-refractivity contribution in [3.63, 3.8) is 0 Å². The van der Waals surface area contributed by atoms with Crippen molar-refractivity contribution in [1.29, 1.82) is 0 Å². The summed E-state index contributed by atoms with van der Waals surface area (Å²) < 4.78 is 10.2. The molecule has 45 heavy (non-hydrogen) atoms. The van der Waals surface area contributed by atoms with E-state index < -0.39 is 41.1 Å². The standard InChI is InChI=1S/C34H49N3O6S2/c1-33(2,3)43-32(41)35-20-14-13-19-27(30(39)42-6)36-29(38)28(23-44-21-25-15-9-7-10-16-25)37-31(40)34(4,5)24-45-22-26-17-11-8-12-18-26/h7-12,15-18,27-28H,13-14,19-24H2,1-6H3,(H,35,41)(H,36,38)(H,37,40)/t27-,28-/m0/s1. The van der Waals surface area contributed by atoms with E-state index in [-0.39, 0.29) is 5.91 Å². The van der Waals surface area contributed by atoms with Crippen molar-refractivity contribution in [3.8, 4) is 0 Å². The topological polar surface area (TPSA) is 123 Å². The number of unbranched alkanes of at least 4 members (excludes halogenated alkanes) is 1. The average Bonchev–Trinajstić information content (AvgIpc) is 2.99. The number of thioether (sulfide) groups is 2. The summed E-state index contributed by atoms with van der Waals surface area (Å²) in [5, 5.41) is 8.47. The minimum Gasteiger partial charge on any atom is -0.467 e. The van der Waals surface area contributed by atoms with Crippen LogP contribution in [-0.4, -0.2) is 66.7 Å². The zero-order chi connectivity index (χ0) is 33.3. The smallest absolute Gasteiger partial charge is 0.407 e. The van der Waals surface area contributed by atoms with Gasteiger partial charge in [0.2, 0.25) is 11.8 Å². The van der Waals surface area contributed by atoms with E-state index in [4.69, 9.17) is 9.47 Å². The number of esters is 1. The maximum atomic E-state index is 13.6. The number of nitrogens with one attached hydrogen (secondary N) is 3. The molecule has 0 aliphatic rings. The molecule has 0 aliphatic heterocycles. The number of rotatable bonds is 18. The predicted octanol–water partition coefficient (Wildman–Crippen LogP) is 5.72. The highest BCUT2D eigenvalue weighted by molar-refractivity contribution is 7.98. The molecular weight excluding hydrogens is 611 g/mol. The number of alkyl carbamates (subject to hydrolysis) is 1. The van der Waals surface area contributed by atoms with Gasteiger partial charge in [0.1, 0.15) is 17.7 Å². The third-order valence-electron chi connectivity index (χ3n) is 6.60. The van der Waals surface area contributed by atoms with Crippen molar-refractivity contribution in [3.05, 3.63) is 71.8 Å². The molecule has 0 fully saturated rings. The van der Waals surface area contributed by atoms with E-state index in [0.717, 1.165) is 11.3 Å². The van der Waals surface area contributed by atoms with Crippen LogP contribution in [0.5, 0.6) is 0 Å². The summed E-state index contributed by atoms with van der Waals surface area (Å²) in [6, 6.07) is 18.2. The molecule has 2 rings (SSSR count). The van der Waals surface area contributed by atoms with Gasteiger partial charge in [0.25, 0.3) is 0 Å². The molecule has 0 heterocycles. The van der Waals surface area contributed by atoms with Crippen molar-refractivity contribution < 1.29 is 28.7 Å². The molecule has 11 heteroatoms. The summed E-state index contributed by atoms with van der Waals surface area (Å²) in [5.41, 5.74) is 0.970. The second-order valence-corrected chi connectivity index (χ2v) is 14.4. The Morgan fingerprint density at radius 3 is 1.91 bits per heavy atom. The highest BCUT2D eigenvalue weighted by Crippen LogP contribution is 2.25. The summed E-state index contributed by atoms with van der Waals surface area (Å²) in [6.07, 6.45) is 0.924. The van der Waals surface area contributed by atoms with Gasteiger partial charge in [-0.25, -0.2) is 9.59 Å². The van der Waals surface area contributed by atoms with E-state index >= 15 is 0 Å². The first-order valence-corrected chi connectivity index (χ1v) is 17.5. The Kier molecular flexibility index (Phi) is 16.4. The molecule has 3 amide bonds. The van der Waals surface area contributed by atoms with Crippen LogP contribution in [0.1, 0.15) is 65.0 Å². The van der Waals surface area contributed by atoms with Gasteiger partial charge in [-0.15, -0.1) is 0 Å². The van der Waals surface area contributed by atoms with Crippen molar-refractivity contribution in [2.75, 3.05) is 25.2 Å². The summed E-state index contributed by atoms with van der Waals surface area (Å²) in [4.78, 5) is 51.5. The van der Waals surface area contributed by atoms with E-state index in [0.29, 0.717) is 43.1 Å². The predicted molar refractivity (Wildman–Crippen MR) is 183 cm³/mol. The van der Waals surface area contributed by atoms with Gasteiger partial charge in [0, 0.05) is 29.6 Å². The molecule has 0 unspecified atom stereocenters. The largest absolute Gasteiger partial charge is 0.467 e. The summed E-state index contributed by atoms with van der Waals surface area (Å²) >= 11 is 3.20. The maximum Gasteiger partial charge on any atom is 0.407 e. The third-order valence-corrected chi connectivity index (χ3v) is 9.17. The molecule has 2 aromatic rings. The molecule has 2 atom stereocenters. The summed E-state index contributed by atoms with van der Waals surface area (Å²) in [7, 11) is 1.27. The third kappa shape index (κ3) is 15.6. The number of hydrogen-bond acceptors (Lipinski definition) is 8. The molecule has 0 spiro atoms.